The molecule has 0 bridgehead atoms. The molecule has 0 amide bonds. The number of aromatic nitrogens is 1. The topological polar surface area (TPSA) is 66.6 Å². The second kappa shape index (κ2) is 6.23. The lowest BCUT2D eigenvalue weighted by atomic mass is 9.72. The Labute approximate surface area is 154 Å². The van der Waals surface area contributed by atoms with Crippen molar-refractivity contribution >= 4 is 40.8 Å². The highest BCUT2D eigenvalue weighted by molar-refractivity contribution is 6.42. The van der Waals surface area contributed by atoms with Crippen molar-refractivity contribution in [2.45, 2.75) is 24.8 Å². The van der Waals surface area contributed by atoms with E-state index in [1.165, 1.54) is 12.1 Å². The highest BCUT2D eigenvalue weighted by Gasteiger charge is 2.48. The van der Waals surface area contributed by atoms with Gasteiger partial charge in [-0.15, -0.1) is 0 Å². The molecule has 5 nitrogen and oxygen atoms in total. The lowest BCUT2D eigenvalue weighted by Gasteiger charge is -2.45. The molecule has 0 saturated heterocycles. The van der Waals surface area contributed by atoms with Gasteiger partial charge < -0.3 is 9.63 Å². The van der Waals surface area contributed by atoms with Gasteiger partial charge in [-0.2, -0.15) is 0 Å². The third-order valence-corrected chi connectivity index (χ3v) is 5.42. The summed E-state index contributed by atoms with van der Waals surface area (Å²) in [7, 11) is 3.80. The monoisotopic (exact) mass is 388 g/mol. The van der Waals surface area contributed by atoms with E-state index in [9.17, 15) is 9.90 Å². The molecule has 0 radical (unpaired) electrons. The zero-order valence-corrected chi connectivity index (χ0v) is 15.3. The van der Waals surface area contributed by atoms with E-state index in [0.29, 0.717) is 16.3 Å². The van der Waals surface area contributed by atoms with Gasteiger partial charge in [0.15, 0.2) is 5.76 Å². The van der Waals surface area contributed by atoms with E-state index >= 15 is 0 Å². The molecule has 1 saturated carbocycles. The first-order valence-corrected chi connectivity index (χ1v) is 8.47. The van der Waals surface area contributed by atoms with Gasteiger partial charge in [0.05, 0.1) is 15.6 Å². The zero-order valence-electron chi connectivity index (χ0n) is 13.1. The first-order chi connectivity index (χ1) is 11.3. The number of benzene rings is 1. The van der Waals surface area contributed by atoms with Crippen LogP contribution >= 0.6 is 34.8 Å². The molecule has 2 aromatic rings. The second-order valence-electron chi connectivity index (χ2n) is 6.06. The van der Waals surface area contributed by atoms with E-state index in [1.54, 1.807) is 0 Å². The van der Waals surface area contributed by atoms with Gasteiger partial charge in [0.1, 0.15) is 11.3 Å². The number of carboxylic acid groups (broad SMARTS) is 1. The Kier molecular flexibility index (Phi) is 4.55. The minimum absolute atomic E-state index is 0.00507. The summed E-state index contributed by atoms with van der Waals surface area (Å²) in [6.45, 7) is 0. The van der Waals surface area contributed by atoms with Crippen LogP contribution in [0.5, 0.6) is 0 Å². The van der Waals surface area contributed by atoms with Gasteiger partial charge in [-0.25, -0.2) is 4.79 Å². The first-order valence-electron chi connectivity index (χ1n) is 7.33. The molecule has 1 aliphatic rings. The van der Waals surface area contributed by atoms with Crippen LogP contribution in [0.4, 0.5) is 0 Å². The Morgan fingerprint density at radius 2 is 1.83 bits per heavy atom. The number of nitrogens with zero attached hydrogens (tertiary/aromatic N) is 2. The Hall–Kier alpha value is -1.27. The van der Waals surface area contributed by atoms with Crippen LogP contribution in [0.3, 0.4) is 0 Å². The molecule has 0 atom stereocenters. The molecule has 0 unspecified atom stereocenters. The average molecular weight is 390 g/mol. The number of rotatable bonds is 4. The van der Waals surface area contributed by atoms with E-state index in [1.807, 2.05) is 19.0 Å². The summed E-state index contributed by atoms with van der Waals surface area (Å²) in [4.78, 5) is 13.9. The van der Waals surface area contributed by atoms with Crippen molar-refractivity contribution in [2.75, 3.05) is 14.1 Å². The van der Waals surface area contributed by atoms with Crippen LogP contribution in [0.1, 0.15) is 35.4 Å². The highest BCUT2D eigenvalue weighted by atomic mass is 35.5. The molecule has 1 N–H and O–H groups in total. The van der Waals surface area contributed by atoms with Crippen LogP contribution in [0.25, 0.3) is 11.3 Å². The SMILES string of the molecule is CN(C)C1(c2onc(-c3c(Cl)cc(Cl)cc3Cl)c2C(=O)O)CCC1. The Balaban J connectivity index is 2.24. The average Bonchev–Trinajstić information content (AvgIpc) is 2.80. The Morgan fingerprint density at radius 3 is 2.25 bits per heavy atom. The molecule has 3 rings (SSSR count). The summed E-state index contributed by atoms with van der Waals surface area (Å²) in [6, 6.07) is 2.99. The fourth-order valence-corrected chi connectivity index (χ4v) is 4.13. The summed E-state index contributed by atoms with van der Waals surface area (Å²) < 4.78 is 5.50. The summed E-state index contributed by atoms with van der Waals surface area (Å²) in [5.74, 6) is -0.792. The van der Waals surface area contributed by atoms with Crippen molar-refractivity contribution < 1.29 is 14.4 Å². The standard InChI is InChI=1S/C16H15Cl3N2O3/c1-21(2)16(4-3-5-16)14-12(15(22)23)13(20-24-14)11-9(18)6-8(17)7-10(11)19/h6-7H,3-5H2,1-2H3,(H,22,23). The van der Waals surface area contributed by atoms with E-state index < -0.39 is 11.5 Å². The van der Waals surface area contributed by atoms with Crippen molar-refractivity contribution in [3.05, 3.63) is 38.5 Å². The third kappa shape index (κ3) is 2.60. The molecule has 1 fully saturated rings. The Bertz CT molecular complexity index is 790. The summed E-state index contributed by atoms with van der Waals surface area (Å²) in [5.41, 5.74) is -0.0418. The van der Waals surface area contributed by atoms with Crippen LogP contribution in [0, 0.1) is 0 Å². The number of hydrogen-bond acceptors (Lipinski definition) is 4. The fraction of sp³-hybridized carbons (Fsp3) is 0.375. The van der Waals surface area contributed by atoms with Gasteiger partial charge in [0, 0.05) is 10.6 Å². The largest absolute Gasteiger partial charge is 0.477 e. The van der Waals surface area contributed by atoms with Gasteiger partial charge in [-0.1, -0.05) is 40.0 Å². The maximum atomic E-state index is 11.9. The van der Waals surface area contributed by atoms with Gasteiger partial charge in [-0.05, 0) is 45.5 Å². The zero-order chi connectivity index (χ0) is 17.6. The molecule has 0 spiro atoms. The minimum Gasteiger partial charge on any atom is -0.477 e. The van der Waals surface area contributed by atoms with Gasteiger partial charge in [-0.3, -0.25) is 4.90 Å². The maximum Gasteiger partial charge on any atom is 0.341 e. The number of halogens is 3. The third-order valence-electron chi connectivity index (χ3n) is 4.61. The quantitative estimate of drug-likeness (QED) is 0.802. The predicted octanol–water partition coefficient (Wildman–Crippen LogP) is 4.94. The van der Waals surface area contributed by atoms with E-state index in [0.717, 1.165) is 19.3 Å². The molecule has 8 heteroatoms. The molecule has 1 aromatic heterocycles. The van der Waals surface area contributed by atoms with Gasteiger partial charge >= 0.3 is 5.97 Å². The van der Waals surface area contributed by atoms with Crippen molar-refractivity contribution in [3.8, 4) is 11.3 Å². The first kappa shape index (κ1) is 17.5. The van der Waals surface area contributed by atoms with Crippen LogP contribution in [0.15, 0.2) is 16.7 Å². The molecule has 24 heavy (non-hydrogen) atoms. The highest BCUT2D eigenvalue weighted by Crippen LogP contribution is 2.49. The molecular formula is C16H15Cl3N2O3. The molecule has 0 aliphatic heterocycles. The maximum absolute atomic E-state index is 11.9. The summed E-state index contributed by atoms with van der Waals surface area (Å²) in [6.07, 6.45) is 2.60. The van der Waals surface area contributed by atoms with Crippen LogP contribution < -0.4 is 0 Å². The minimum atomic E-state index is -1.13. The fourth-order valence-electron chi connectivity index (χ4n) is 3.13. The molecular weight excluding hydrogens is 375 g/mol. The Morgan fingerprint density at radius 1 is 1.25 bits per heavy atom. The second-order valence-corrected chi connectivity index (χ2v) is 7.32. The smallest absolute Gasteiger partial charge is 0.341 e. The van der Waals surface area contributed by atoms with Crippen LogP contribution in [0.2, 0.25) is 15.1 Å². The van der Waals surface area contributed by atoms with Crippen molar-refractivity contribution in [3.63, 3.8) is 0 Å². The van der Waals surface area contributed by atoms with E-state index in [2.05, 4.69) is 5.16 Å². The van der Waals surface area contributed by atoms with Crippen molar-refractivity contribution in [2.24, 2.45) is 0 Å². The summed E-state index contributed by atoms with van der Waals surface area (Å²) in [5, 5.41) is 14.6. The molecule has 1 heterocycles. The van der Waals surface area contributed by atoms with Crippen molar-refractivity contribution in [1.29, 1.82) is 0 Å². The number of carbonyl (C=O) groups is 1. The lowest BCUT2D eigenvalue weighted by Crippen LogP contribution is -2.47. The lowest BCUT2D eigenvalue weighted by molar-refractivity contribution is 0.0267. The molecule has 1 aliphatic carbocycles. The van der Waals surface area contributed by atoms with E-state index in [-0.39, 0.29) is 21.3 Å². The summed E-state index contributed by atoms with van der Waals surface area (Å²) >= 11 is 18.4. The predicted molar refractivity (Wildman–Crippen MR) is 93.1 cm³/mol. The number of carboxylic acids is 1. The number of hydrogen-bond donors (Lipinski definition) is 1. The van der Waals surface area contributed by atoms with Crippen LogP contribution in [-0.4, -0.2) is 35.2 Å². The normalized spacial score (nSPS) is 16.2. The molecule has 1 aromatic carbocycles. The molecule has 128 valence electrons. The van der Waals surface area contributed by atoms with E-state index in [4.69, 9.17) is 39.3 Å². The van der Waals surface area contributed by atoms with Crippen molar-refractivity contribution in [1.82, 2.24) is 10.1 Å². The number of aromatic carboxylic acids is 1. The van der Waals surface area contributed by atoms with Crippen LogP contribution in [-0.2, 0) is 5.54 Å². The van der Waals surface area contributed by atoms with Gasteiger partial charge in [0.25, 0.3) is 0 Å². The van der Waals surface area contributed by atoms with Gasteiger partial charge in [0.2, 0.25) is 0 Å².